The molecule has 5 rings (SSSR count). The summed E-state index contributed by atoms with van der Waals surface area (Å²) in [6.45, 7) is 3.70. The monoisotopic (exact) mass is 643 g/mol. The quantitative estimate of drug-likeness (QED) is 0.213. The van der Waals surface area contributed by atoms with E-state index in [1.165, 1.54) is 0 Å². The first-order valence-electron chi connectivity index (χ1n) is 14.5. The van der Waals surface area contributed by atoms with Gasteiger partial charge in [-0.1, -0.05) is 24.3 Å². The van der Waals surface area contributed by atoms with Gasteiger partial charge in [-0.05, 0) is 36.5 Å². The molecular weight excluding hydrogens is 612 g/mol. The first kappa shape index (κ1) is 32.7. The van der Waals surface area contributed by atoms with Crippen LogP contribution < -0.4 is 0 Å². The highest BCUT2D eigenvalue weighted by Crippen LogP contribution is 2.36. The van der Waals surface area contributed by atoms with Crippen LogP contribution in [-0.4, -0.2) is 72.5 Å². The van der Waals surface area contributed by atoms with Gasteiger partial charge < -0.3 is 38.2 Å². The van der Waals surface area contributed by atoms with Crippen molar-refractivity contribution in [2.45, 2.75) is 76.8 Å². The molecule has 0 unspecified atom stereocenters. The van der Waals surface area contributed by atoms with E-state index in [9.17, 15) is 24.0 Å². The van der Waals surface area contributed by atoms with Crippen LogP contribution in [0.4, 0.5) is 8.78 Å². The maximum atomic E-state index is 16.1. The van der Waals surface area contributed by atoms with E-state index in [1.54, 1.807) is 24.3 Å². The Morgan fingerprint density at radius 3 is 2.15 bits per heavy atom. The lowest BCUT2D eigenvalue weighted by Crippen LogP contribution is -2.62. The van der Waals surface area contributed by atoms with Crippen LogP contribution in [0.15, 0.2) is 36.5 Å². The molecule has 0 aliphatic carbocycles. The Hall–Kier alpha value is -4.69. The molecule has 46 heavy (non-hydrogen) atoms. The molecule has 0 bridgehead atoms. The van der Waals surface area contributed by atoms with Gasteiger partial charge in [-0.2, -0.15) is 0 Å². The fourth-order valence-corrected chi connectivity index (χ4v) is 5.69. The molecule has 244 valence electrons. The third kappa shape index (κ3) is 6.77. The molecule has 0 amide bonds. The van der Waals surface area contributed by atoms with Gasteiger partial charge in [0, 0.05) is 33.6 Å². The number of carbonyl (C=O) groups is 5. The highest BCUT2D eigenvalue weighted by molar-refractivity contribution is 6.05. The van der Waals surface area contributed by atoms with E-state index in [0.717, 1.165) is 57.9 Å². The Bertz CT molecular complexity index is 1650. The Balaban J connectivity index is 1.47. The molecule has 14 heteroatoms. The third-order valence-corrected chi connectivity index (χ3v) is 7.62. The largest absolute Gasteiger partial charge is 0.455 e. The van der Waals surface area contributed by atoms with Crippen LogP contribution >= 0.6 is 0 Å². The number of hydrogen-bond acceptors (Lipinski definition) is 11. The molecule has 2 aromatic carbocycles. The summed E-state index contributed by atoms with van der Waals surface area (Å²) in [6.07, 6.45) is -4.37. The van der Waals surface area contributed by atoms with Crippen molar-refractivity contribution in [2.75, 3.05) is 6.61 Å². The number of halogens is 2. The number of carbonyl (C=O) groups excluding carboxylic acids is 5. The fraction of sp³-hybridized carbons (Fsp3) is 0.406. The van der Waals surface area contributed by atoms with Gasteiger partial charge in [-0.25, -0.2) is 13.6 Å². The zero-order valence-corrected chi connectivity index (χ0v) is 25.1. The van der Waals surface area contributed by atoms with Gasteiger partial charge in [0.1, 0.15) is 11.6 Å². The van der Waals surface area contributed by atoms with E-state index in [0.29, 0.717) is 6.61 Å². The zero-order chi connectivity index (χ0) is 33.1. The Morgan fingerprint density at radius 1 is 0.891 bits per heavy atom. The minimum absolute atomic E-state index is 0.0579. The van der Waals surface area contributed by atoms with Gasteiger partial charge in [-0.3, -0.25) is 14.4 Å². The second-order valence-corrected chi connectivity index (χ2v) is 10.9. The summed E-state index contributed by atoms with van der Waals surface area (Å²) in [7, 11) is 0. The first-order chi connectivity index (χ1) is 22.0. The standard InChI is InChI=1S/C32H31F2NO11/c1-15(37)42-28-24(14-36)45-32(30(44-17(3)39)29(28)43-16(2)38)46-31(40)20-13-35-22-12-21(33)25(27(34)26(20)22)19-9-7-18(8-10-19)23-6-4-5-11-41-23/h7-10,12-14,23-24,28-30,32,35H,4-6,11H2,1-3H3/t23-,24+,28+,29-,30+,32-/m0/s1. The van der Waals surface area contributed by atoms with Gasteiger partial charge in [0.15, 0.2) is 24.6 Å². The zero-order valence-electron chi connectivity index (χ0n) is 25.1. The minimum Gasteiger partial charge on any atom is -0.455 e. The van der Waals surface area contributed by atoms with Crippen molar-refractivity contribution in [1.29, 1.82) is 0 Å². The number of aromatic nitrogens is 1. The number of rotatable bonds is 8. The van der Waals surface area contributed by atoms with Crippen LogP contribution in [0.3, 0.4) is 0 Å². The summed E-state index contributed by atoms with van der Waals surface area (Å²) in [5.41, 5.74) is 0.279. The van der Waals surface area contributed by atoms with Gasteiger partial charge in [0.25, 0.3) is 0 Å². The van der Waals surface area contributed by atoms with Crippen molar-refractivity contribution < 1.29 is 61.2 Å². The Labute approximate surface area is 261 Å². The molecule has 12 nitrogen and oxygen atoms in total. The van der Waals surface area contributed by atoms with Crippen LogP contribution in [0, 0.1) is 11.6 Å². The molecule has 2 aliphatic rings. The summed E-state index contributed by atoms with van der Waals surface area (Å²) in [5.74, 6) is -5.84. The van der Waals surface area contributed by atoms with E-state index in [2.05, 4.69) is 4.98 Å². The lowest BCUT2D eigenvalue weighted by atomic mass is 9.96. The summed E-state index contributed by atoms with van der Waals surface area (Å²) >= 11 is 0. The maximum absolute atomic E-state index is 16.1. The number of fused-ring (bicyclic) bond motifs is 1. The van der Waals surface area contributed by atoms with E-state index in [-0.39, 0.29) is 40.0 Å². The molecule has 1 aromatic heterocycles. The fourth-order valence-electron chi connectivity index (χ4n) is 5.69. The van der Waals surface area contributed by atoms with Crippen molar-refractivity contribution in [3.63, 3.8) is 0 Å². The van der Waals surface area contributed by atoms with Crippen LogP contribution in [0.2, 0.25) is 0 Å². The summed E-state index contributed by atoms with van der Waals surface area (Å²) in [5, 5.41) is -0.304. The van der Waals surface area contributed by atoms with E-state index < -0.39 is 66.2 Å². The number of nitrogens with one attached hydrogen (secondary N) is 1. The van der Waals surface area contributed by atoms with Crippen LogP contribution in [0.1, 0.15) is 62.1 Å². The number of hydrogen-bond donors (Lipinski definition) is 1. The molecule has 3 heterocycles. The minimum atomic E-state index is -1.88. The van der Waals surface area contributed by atoms with Crippen LogP contribution in [-0.2, 0) is 47.6 Å². The van der Waals surface area contributed by atoms with Gasteiger partial charge in [-0.15, -0.1) is 0 Å². The predicted octanol–water partition coefficient (Wildman–Crippen LogP) is 4.23. The molecule has 0 spiro atoms. The summed E-state index contributed by atoms with van der Waals surface area (Å²) in [4.78, 5) is 63.7. The van der Waals surface area contributed by atoms with Crippen molar-refractivity contribution in [3.05, 3.63) is 59.3 Å². The maximum Gasteiger partial charge on any atom is 0.342 e. The topological polar surface area (TPSA) is 157 Å². The molecule has 2 aliphatic heterocycles. The molecule has 1 N–H and O–H groups in total. The number of H-pyrrole nitrogens is 1. The van der Waals surface area contributed by atoms with Gasteiger partial charge in [0.05, 0.1) is 28.1 Å². The van der Waals surface area contributed by atoms with Gasteiger partial charge in [0.2, 0.25) is 12.4 Å². The summed E-state index contributed by atoms with van der Waals surface area (Å²) < 4.78 is 63.7. The van der Waals surface area contributed by atoms with Crippen LogP contribution in [0.25, 0.3) is 22.0 Å². The Morgan fingerprint density at radius 2 is 1.54 bits per heavy atom. The molecule has 0 saturated carbocycles. The Kier molecular flexibility index (Phi) is 9.77. The van der Waals surface area contributed by atoms with Crippen molar-refractivity contribution >= 4 is 41.1 Å². The molecular formula is C32H31F2NO11. The smallest absolute Gasteiger partial charge is 0.342 e. The highest BCUT2D eigenvalue weighted by Gasteiger charge is 2.53. The number of benzene rings is 2. The third-order valence-electron chi connectivity index (χ3n) is 7.62. The lowest BCUT2D eigenvalue weighted by Gasteiger charge is -2.42. The molecule has 0 radical (unpaired) electrons. The number of esters is 4. The second kappa shape index (κ2) is 13.7. The van der Waals surface area contributed by atoms with Gasteiger partial charge >= 0.3 is 23.9 Å². The average molecular weight is 644 g/mol. The normalized spacial score (nSPS) is 24.5. The molecule has 2 fully saturated rings. The first-order valence-corrected chi connectivity index (χ1v) is 14.5. The molecule has 6 atom stereocenters. The second-order valence-electron chi connectivity index (χ2n) is 10.9. The summed E-state index contributed by atoms with van der Waals surface area (Å²) in [6, 6.07) is 7.65. The lowest BCUT2D eigenvalue weighted by molar-refractivity contribution is -0.282. The number of aromatic amines is 1. The van der Waals surface area contributed by atoms with Crippen molar-refractivity contribution in [2.24, 2.45) is 0 Å². The highest BCUT2D eigenvalue weighted by atomic mass is 19.1. The van der Waals surface area contributed by atoms with Crippen molar-refractivity contribution in [3.8, 4) is 11.1 Å². The van der Waals surface area contributed by atoms with E-state index in [1.807, 2.05) is 0 Å². The van der Waals surface area contributed by atoms with E-state index in [4.69, 9.17) is 28.4 Å². The number of ether oxygens (including phenoxy) is 6. The molecule has 2 saturated heterocycles. The molecule has 3 aromatic rings. The number of aldehydes is 1. The van der Waals surface area contributed by atoms with Crippen LogP contribution in [0.5, 0.6) is 0 Å². The average Bonchev–Trinajstić information content (AvgIpc) is 3.44. The van der Waals surface area contributed by atoms with Crippen molar-refractivity contribution in [1.82, 2.24) is 4.98 Å². The SMILES string of the molecule is CC(=O)O[C@@H]1[C@@H](OC(C)=O)[C@H](OC(=O)c2c[nH]c3cc(F)c(-c4ccc([C@@H]5CCCCO5)cc4)c(F)c23)O[C@H](C=O)[C@H]1OC(C)=O. The predicted molar refractivity (Wildman–Crippen MR) is 153 cm³/mol. The van der Waals surface area contributed by atoms with E-state index >= 15 is 8.78 Å².